The highest BCUT2D eigenvalue weighted by molar-refractivity contribution is 5.95. The van der Waals surface area contributed by atoms with Crippen LogP contribution in [0.5, 0.6) is 11.6 Å². The summed E-state index contributed by atoms with van der Waals surface area (Å²) in [6.45, 7) is 0.815. The van der Waals surface area contributed by atoms with Gasteiger partial charge in [0.1, 0.15) is 5.75 Å². The number of ether oxygens (including phenoxy) is 1. The lowest BCUT2D eigenvalue weighted by molar-refractivity contribution is 0.0998. The van der Waals surface area contributed by atoms with Crippen molar-refractivity contribution in [1.29, 1.82) is 0 Å². The highest BCUT2D eigenvalue weighted by Crippen LogP contribution is 2.24. The van der Waals surface area contributed by atoms with Crippen molar-refractivity contribution in [2.45, 2.75) is 25.4 Å². The summed E-state index contributed by atoms with van der Waals surface area (Å²) in [5.74, 6) is 0.344. The first kappa shape index (κ1) is 13.6. The molecule has 1 fully saturated rings. The Bertz CT molecular complexity index is 636. The fourth-order valence-corrected chi connectivity index (χ4v) is 2.00. The van der Waals surface area contributed by atoms with Gasteiger partial charge in [0.25, 0.3) is 5.91 Å². The Labute approximate surface area is 123 Å². The largest absolute Gasteiger partial charge is 0.438 e. The first-order valence-corrected chi connectivity index (χ1v) is 6.97. The van der Waals surface area contributed by atoms with Crippen LogP contribution in [0, 0.1) is 0 Å². The SMILES string of the molecule is NC(=O)c1ccccc1Oc1ccc(CNC2CC2)cn1. The number of primary amides is 1. The molecule has 21 heavy (non-hydrogen) atoms. The Balaban J connectivity index is 1.68. The zero-order chi connectivity index (χ0) is 14.7. The summed E-state index contributed by atoms with van der Waals surface area (Å²) in [5, 5.41) is 3.42. The van der Waals surface area contributed by atoms with Crippen molar-refractivity contribution < 1.29 is 9.53 Å². The van der Waals surface area contributed by atoms with Gasteiger partial charge in [-0.3, -0.25) is 4.79 Å². The van der Waals surface area contributed by atoms with E-state index in [1.54, 1.807) is 36.5 Å². The van der Waals surface area contributed by atoms with E-state index < -0.39 is 5.91 Å². The van der Waals surface area contributed by atoms with Crippen molar-refractivity contribution in [3.8, 4) is 11.6 Å². The van der Waals surface area contributed by atoms with Crippen molar-refractivity contribution >= 4 is 5.91 Å². The minimum absolute atomic E-state index is 0.346. The summed E-state index contributed by atoms with van der Waals surface area (Å²) < 4.78 is 5.63. The lowest BCUT2D eigenvalue weighted by Crippen LogP contribution is -2.15. The number of pyridine rings is 1. The molecule has 2 aromatic rings. The van der Waals surface area contributed by atoms with Crippen LogP contribution in [0.25, 0.3) is 0 Å². The van der Waals surface area contributed by atoms with Crippen molar-refractivity contribution in [2.24, 2.45) is 5.73 Å². The van der Waals surface area contributed by atoms with Gasteiger partial charge in [-0.15, -0.1) is 0 Å². The second-order valence-corrected chi connectivity index (χ2v) is 5.12. The molecule has 3 rings (SSSR count). The van der Waals surface area contributed by atoms with Gasteiger partial charge in [-0.2, -0.15) is 0 Å². The number of rotatable bonds is 6. The predicted octanol–water partition coefficient (Wildman–Crippen LogP) is 2.22. The summed E-state index contributed by atoms with van der Waals surface area (Å²) >= 11 is 0. The third-order valence-electron chi connectivity index (χ3n) is 3.34. The second kappa shape index (κ2) is 5.93. The normalized spacial score (nSPS) is 13.9. The molecular formula is C16H17N3O2. The molecule has 0 atom stereocenters. The van der Waals surface area contributed by atoms with Gasteiger partial charge in [0.05, 0.1) is 5.56 Å². The maximum absolute atomic E-state index is 11.3. The van der Waals surface area contributed by atoms with Gasteiger partial charge in [-0.1, -0.05) is 18.2 Å². The minimum atomic E-state index is -0.518. The predicted molar refractivity (Wildman–Crippen MR) is 79.1 cm³/mol. The number of benzene rings is 1. The number of nitrogens with two attached hydrogens (primary N) is 1. The zero-order valence-electron chi connectivity index (χ0n) is 11.6. The lowest BCUT2D eigenvalue weighted by Gasteiger charge is -2.09. The average Bonchev–Trinajstić information content (AvgIpc) is 3.31. The van der Waals surface area contributed by atoms with Crippen LogP contribution < -0.4 is 15.8 Å². The third kappa shape index (κ3) is 3.58. The molecule has 1 amide bonds. The fraction of sp³-hybridized carbons (Fsp3) is 0.250. The molecule has 1 aromatic carbocycles. The van der Waals surface area contributed by atoms with E-state index in [0.29, 0.717) is 23.2 Å². The molecule has 3 N–H and O–H groups in total. The molecule has 1 aromatic heterocycles. The first-order valence-electron chi connectivity index (χ1n) is 6.97. The maximum Gasteiger partial charge on any atom is 0.252 e. The highest BCUT2D eigenvalue weighted by atomic mass is 16.5. The van der Waals surface area contributed by atoms with Gasteiger partial charge in [0.15, 0.2) is 0 Å². The van der Waals surface area contributed by atoms with Crippen molar-refractivity contribution in [3.63, 3.8) is 0 Å². The van der Waals surface area contributed by atoms with Crippen LogP contribution in [0.1, 0.15) is 28.8 Å². The van der Waals surface area contributed by atoms with E-state index in [9.17, 15) is 4.79 Å². The lowest BCUT2D eigenvalue weighted by atomic mass is 10.2. The molecule has 0 bridgehead atoms. The van der Waals surface area contributed by atoms with Crippen LogP contribution in [0.3, 0.4) is 0 Å². The van der Waals surface area contributed by atoms with Gasteiger partial charge < -0.3 is 15.8 Å². The Morgan fingerprint density at radius 1 is 1.29 bits per heavy atom. The minimum Gasteiger partial charge on any atom is -0.438 e. The van der Waals surface area contributed by atoms with Crippen LogP contribution in [0.4, 0.5) is 0 Å². The fourth-order valence-electron chi connectivity index (χ4n) is 2.00. The number of nitrogens with zero attached hydrogens (tertiary/aromatic N) is 1. The average molecular weight is 283 g/mol. The van der Waals surface area contributed by atoms with Gasteiger partial charge in [0.2, 0.25) is 5.88 Å². The summed E-state index contributed by atoms with van der Waals surface area (Å²) in [6, 6.07) is 11.3. The number of nitrogens with one attached hydrogen (secondary N) is 1. The molecule has 5 nitrogen and oxygen atoms in total. The molecular weight excluding hydrogens is 266 g/mol. The van der Waals surface area contributed by atoms with Gasteiger partial charge in [0, 0.05) is 24.8 Å². The molecule has 108 valence electrons. The molecule has 0 spiro atoms. The van der Waals surface area contributed by atoms with Gasteiger partial charge in [-0.05, 0) is 30.5 Å². The number of carbonyl (C=O) groups is 1. The van der Waals surface area contributed by atoms with E-state index in [1.807, 2.05) is 6.07 Å². The number of carbonyl (C=O) groups excluding carboxylic acids is 1. The number of hydrogen-bond acceptors (Lipinski definition) is 4. The van der Waals surface area contributed by atoms with Crippen molar-refractivity contribution in [1.82, 2.24) is 10.3 Å². The summed E-state index contributed by atoms with van der Waals surface area (Å²) in [4.78, 5) is 15.6. The Morgan fingerprint density at radius 2 is 2.10 bits per heavy atom. The zero-order valence-corrected chi connectivity index (χ0v) is 11.6. The van der Waals surface area contributed by atoms with E-state index in [-0.39, 0.29) is 0 Å². The van der Waals surface area contributed by atoms with Crippen LogP contribution in [-0.4, -0.2) is 16.9 Å². The quantitative estimate of drug-likeness (QED) is 0.852. The molecule has 0 radical (unpaired) electrons. The standard InChI is InChI=1S/C16H17N3O2/c17-16(20)13-3-1-2-4-14(13)21-15-8-5-11(10-19-15)9-18-12-6-7-12/h1-5,8,10,12,18H,6-7,9H2,(H2,17,20). The summed E-state index contributed by atoms with van der Waals surface area (Å²) in [5.41, 5.74) is 6.77. The molecule has 1 aliphatic rings. The third-order valence-corrected chi connectivity index (χ3v) is 3.34. The van der Waals surface area contributed by atoms with Gasteiger partial charge in [-0.25, -0.2) is 4.98 Å². The highest BCUT2D eigenvalue weighted by Gasteiger charge is 2.19. The molecule has 1 aliphatic carbocycles. The number of aromatic nitrogens is 1. The molecule has 5 heteroatoms. The Morgan fingerprint density at radius 3 is 2.76 bits per heavy atom. The Hall–Kier alpha value is -2.40. The molecule has 1 heterocycles. The van der Waals surface area contributed by atoms with E-state index in [1.165, 1.54) is 12.8 Å². The summed E-state index contributed by atoms with van der Waals surface area (Å²) in [7, 11) is 0. The van der Waals surface area contributed by atoms with E-state index in [4.69, 9.17) is 10.5 Å². The van der Waals surface area contributed by atoms with E-state index in [0.717, 1.165) is 12.1 Å². The number of para-hydroxylation sites is 1. The van der Waals surface area contributed by atoms with Crippen LogP contribution in [0.15, 0.2) is 42.6 Å². The number of hydrogen-bond donors (Lipinski definition) is 2. The van der Waals surface area contributed by atoms with E-state index in [2.05, 4.69) is 10.3 Å². The molecule has 0 aliphatic heterocycles. The molecule has 0 saturated heterocycles. The first-order chi connectivity index (χ1) is 10.2. The molecule has 0 unspecified atom stereocenters. The Kier molecular flexibility index (Phi) is 3.83. The van der Waals surface area contributed by atoms with Gasteiger partial charge >= 0.3 is 0 Å². The monoisotopic (exact) mass is 283 g/mol. The smallest absolute Gasteiger partial charge is 0.252 e. The van der Waals surface area contributed by atoms with Crippen molar-refractivity contribution in [3.05, 3.63) is 53.7 Å². The maximum atomic E-state index is 11.3. The van der Waals surface area contributed by atoms with E-state index >= 15 is 0 Å². The topological polar surface area (TPSA) is 77.2 Å². The van der Waals surface area contributed by atoms with Crippen LogP contribution in [0.2, 0.25) is 0 Å². The summed E-state index contributed by atoms with van der Waals surface area (Å²) in [6.07, 6.45) is 4.30. The van der Waals surface area contributed by atoms with Crippen LogP contribution >= 0.6 is 0 Å². The van der Waals surface area contributed by atoms with Crippen molar-refractivity contribution in [2.75, 3.05) is 0 Å². The molecule has 1 saturated carbocycles. The van der Waals surface area contributed by atoms with Crippen LogP contribution in [-0.2, 0) is 6.54 Å². The second-order valence-electron chi connectivity index (χ2n) is 5.12. The number of amides is 1.